The van der Waals surface area contributed by atoms with Crippen molar-refractivity contribution in [3.05, 3.63) is 65.7 Å². The molecule has 2 aromatic rings. The van der Waals surface area contributed by atoms with Gasteiger partial charge in [-0.3, -0.25) is 4.99 Å². The van der Waals surface area contributed by atoms with Crippen LogP contribution in [0.3, 0.4) is 0 Å². The molecule has 0 N–H and O–H groups in total. The van der Waals surface area contributed by atoms with Crippen molar-refractivity contribution in [3.8, 4) is 0 Å². The lowest BCUT2D eigenvalue weighted by Crippen LogP contribution is -2.07. The molecule has 0 bridgehead atoms. The predicted octanol–water partition coefficient (Wildman–Crippen LogP) is 3.21. The Bertz CT molecular complexity index is 645. The fourth-order valence-corrected chi connectivity index (χ4v) is 2.13. The summed E-state index contributed by atoms with van der Waals surface area (Å²) in [5.41, 5.74) is 4.01. The second-order valence-electron chi connectivity index (χ2n) is 4.26. The zero-order valence-electron chi connectivity index (χ0n) is 10.7. The minimum absolute atomic E-state index is 0.468. The Balaban J connectivity index is 2.16. The largest absolute Gasteiger partial charge is 0.483 e. The Morgan fingerprint density at radius 1 is 0.947 bits per heavy atom. The van der Waals surface area contributed by atoms with E-state index in [0.29, 0.717) is 12.4 Å². The summed E-state index contributed by atoms with van der Waals surface area (Å²) in [5.74, 6) is 0.637. The molecule has 0 spiro atoms. The molecule has 1 heterocycles. The topological polar surface area (TPSA) is 34.0 Å². The van der Waals surface area contributed by atoms with Gasteiger partial charge in [0.25, 0.3) is 0 Å². The monoisotopic (exact) mass is 250 g/mol. The van der Waals surface area contributed by atoms with E-state index >= 15 is 0 Å². The molecule has 0 amide bonds. The van der Waals surface area contributed by atoms with Crippen molar-refractivity contribution in [1.29, 1.82) is 0 Å². The number of benzene rings is 2. The number of aliphatic imine (C=N–C) groups is 2. The number of hydrogen-bond acceptors (Lipinski definition) is 3. The van der Waals surface area contributed by atoms with E-state index < -0.39 is 0 Å². The Kier molecular flexibility index (Phi) is 3.11. The van der Waals surface area contributed by atoms with Gasteiger partial charge in [-0.25, -0.2) is 4.99 Å². The van der Waals surface area contributed by atoms with Gasteiger partial charge in [-0.15, -0.1) is 0 Å². The van der Waals surface area contributed by atoms with Crippen LogP contribution in [0.4, 0.5) is 5.69 Å². The smallest absolute Gasteiger partial charge is 0.210 e. The molecule has 2 aromatic carbocycles. The molecule has 0 unspecified atom stereocenters. The molecule has 0 fully saturated rings. The zero-order chi connectivity index (χ0) is 13.1. The molecule has 3 heteroatoms. The van der Waals surface area contributed by atoms with Crippen LogP contribution in [-0.2, 0) is 4.74 Å². The van der Waals surface area contributed by atoms with Crippen molar-refractivity contribution in [2.45, 2.75) is 0 Å². The normalized spacial score (nSPS) is 13.9. The highest BCUT2D eigenvalue weighted by Crippen LogP contribution is 2.25. The summed E-state index contributed by atoms with van der Waals surface area (Å²) in [7, 11) is 1.63. The van der Waals surface area contributed by atoms with Crippen molar-refractivity contribution < 1.29 is 4.74 Å². The molecule has 19 heavy (non-hydrogen) atoms. The van der Waals surface area contributed by atoms with Crippen LogP contribution in [0.25, 0.3) is 0 Å². The summed E-state index contributed by atoms with van der Waals surface area (Å²) in [6.45, 7) is 0.468. The van der Waals surface area contributed by atoms with Crippen LogP contribution in [0, 0.1) is 0 Å². The molecule has 3 nitrogen and oxygen atoms in total. The molecule has 0 aromatic heterocycles. The van der Waals surface area contributed by atoms with Gasteiger partial charge in [0.2, 0.25) is 5.90 Å². The predicted molar refractivity (Wildman–Crippen MR) is 77.5 cm³/mol. The molecule has 94 valence electrons. The highest BCUT2D eigenvalue weighted by atomic mass is 16.5. The molecule has 1 aliphatic rings. The first-order chi connectivity index (χ1) is 9.38. The summed E-state index contributed by atoms with van der Waals surface area (Å²) in [5, 5.41) is 0. The molecule has 0 saturated carbocycles. The lowest BCUT2D eigenvalue weighted by atomic mass is 10.0. The second kappa shape index (κ2) is 5.06. The first kappa shape index (κ1) is 11.7. The molecule has 3 rings (SSSR count). The van der Waals surface area contributed by atoms with E-state index in [2.05, 4.69) is 22.1 Å². The third-order valence-electron chi connectivity index (χ3n) is 3.06. The Morgan fingerprint density at radius 2 is 1.68 bits per heavy atom. The van der Waals surface area contributed by atoms with Crippen LogP contribution in [0.5, 0.6) is 0 Å². The SMILES string of the molecule is COC1=Nc2ccccc2C(c2ccccc2)=NC1. The number of hydrogen-bond donors (Lipinski definition) is 0. The number of ether oxygens (including phenoxy) is 1. The first-order valence-corrected chi connectivity index (χ1v) is 6.19. The van der Waals surface area contributed by atoms with Crippen LogP contribution < -0.4 is 0 Å². The van der Waals surface area contributed by atoms with E-state index in [0.717, 1.165) is 22.5 Å². The summed E-state index contributed by atoms with van der Waals surface area (Å²) in [6.07, 6.45) is 0. The first-order valence-electron chi connectivity index (χ1n) is 6.19. The van der Waals surface area contributed by atoms with E-state index in [-0.39, 0.29) is 0 Å². The lowest BCUT2D eigenvalue weighted by Gasteiger charge is -2.07. The van der Waals surface area contributed by atoms with Gasteiger partial charge in [-0.1, -0.05) is 48.5 Å². The molecule has 0 saturated heterocycles. The third kappa shape index (κ3) is 2.27. The molecular weight excluding hydrogens is 236 g/mol. The van der Waals surface area contributed by atoms with Gasteiger partial charge in [0, 0.05) is 11.1 Å². The van der Waals surface area contributed by atoms with E-state index in [4.69, 9.17) is 4.74 Å². The van der Waals surface area contributed by atoms with E-state index in [1.165, 1.54) is 0 Å². The summed E-state index contributed by atoms with van der Waals surface area (Å²) in [6, 6.07) is 18.2. The number of methoxy groups -OCH3 is 1. The van der Waals surface area contributed by atoms with E-state index in [1.807, 2.05) is 42.5 Å². The number of fused-ring (bicyclic) bond motifs is 1. The molecule has 0 aliphatic carbocycles. The van der Waals surface area contributed by atoms with E-state index in [1.54, 1.807) is 7.11 Å². The van der Waals surface area contributed by atoms with Crippen molar-refractivity contribution in [2.75, 3.05) is 13.7 Å². The van der Waals surface area contributed by atoms with Gasteiger partial charge in [0.15, 0.2) is 0 Å². The fourth-order valence-electron chi connectivity index (χ4n) is 2.13. The van der Waals surface area contributed by atoms with Crippen molar-refractivity contribution in [2.24, 2.45) is 9.98 Å². The van der Waals surface area contributed by atoms with Crippen LogP contribution in [0.15, 0.2) is 64.6 Å². The van der Waals surface area contributed by atoms with Gasteiger partial charge in [-0.05, 0) is 6.07 Å². The lowest BCUT2D eigenvalue weighted by molar-refractivity contribution is 0.396. The van der Waals surface area contributed by atoms with Crippen molar-refractivity contribution >= 4 is 17.3 Å². The third-order valence-corrected chi connectivity index (χ3v) is 3.06. The Hall–Kier alpha value is -2.42. The highest BCUT2D eigenvalue weighted by Gasteiger charge is 2.15. The molecule has 0 radical (unpaired) electrons. The van der Waals surface area contributed by atoms with Gasteiger partial charge in [0.1, 0.15) is 6.54 Å². The van der Waals surface area contributed by atoms with Crippen LogP contribution >= 0.6 is 0 Å². The van der Waals surface area contributed by atoms with Gasteiger partial charge >= 0.3 is 0 Å². The summed E-state index contributed by atoms with van der Waals surface area (Å²) in [4.78, 5) is 9.16. The van der Waals surface area contributed by atoms with Crippen LogP contribution in [0.2, 0.25) is 0 Å². The average Bonchev–Trinajstić information content (AvgIpc) is 2.67. The minimum atomic E-state index is 0.468. The molecule has 0 atom stereocenters. The average molecular weight is 250 g/mol. The van der Waals surface area contributed by atoms with E-state index in [9.17, 15) is 0 Å². The van der Waals surface area contributed by atoms with Gasteiger partial charge in [-0.2, -0.15) is 0 Å². The van der Waals surface area contributed by atoms with Crippen molar-refractivity contribution in [1.82, 2.24) is 0 Å². The Labute approximate surface area is 112 Å². The highest BCUT2D eigenvalue weighted by molar-refractivity contribution is 6.17. The maximum absolute atomic E-state index is 5.26. The fraction of sp³-hybridized carbons (Fsp3) is 0.125. The number of nitrogens with zero attached hydrogens (tertiary/aromatic N) is 2. The maximum Gasteiger partial charge on any atom is 0.210 e. The standard InChI is InChI=1S/C16H14N2O/c1-19-15-11-17-16(12-7-3-2-4-8-12)13-9-5-6-10-14(13)18-15/h2-10H,11H2,1H3. The zero-order valence-corrected chi connectivity index (χ0v) is 10.7. The van der Waals surface area contributed by atoms with Crippen LogP contribution in [0.1, 0.15) is 11.1 Å². The Morgan fingerprint density at radius 3 is 2.47 bits per heavy atom. The number of para-hydroxylation sites is 1. The molecule has 1 aliphatic heterocycles. The summed E-state index contributed by atoms with van der Waals surface area (Å²) < 4.78 is 5.26. The quantitative estimate of drug-likeness (QED) is 0.765. The van der Waals surface area contributed by atoms with Gasteiger partial charge < -0.3 is 4.74 Å². The van der Waals surface area contributed by atoms with Gasteiger partial charge in [0.05, 0.1) is 18.5 Å². The maximum atomic E-state index is 5.26. The molecular formula is C16H14N2O. The number of rotatable bonds is 1. The van der Waals surface area contributed by atoms with Crippen molar-refractivity contribution in [3.63, 3.8) is 0 Å². The summed E-state index contributed by atoms with van der Waals surface area (Å²) >= 11 is 0. The minimum Gasteiger partial charge on any atom is -0.483 e. The second-order valence-corrected chi connectivity index (χ2v) is 4.26. The van der Waals surface area contributed by atoms with Crippen LogP contribution in [-0.4, -0.2) is 25.3 Å².